The van der Waals surface area contributed by atoms with Crippen molar-refractivity contribution in [3.8, 4) is 11.8 Å². The molecule has 4 nitrogen and oxygen atoms in total. The highest BCUT2D eigenvalue weighted by Gasteiger charge is 2.27. The van der Waals surface area contributed by atoms with Gasteiger partial charge in [-0.25, -0.2) is 4.72 Å². The van der Waals surface area contributed by atoms with Crippen LogP contribution in [-0.2, 0) is 11.2 Å². The highest BCUT2D eigenvalue weighted by Crippen LogP contribution is 2.27. The van der Waals surface area contributed by atoms with Gasteiger partial charge in [0.2, 0.25) is 5.91 Å². The van der Waals surface area contributed by atoms with E-state index in [4.69, 9.17) is 0 Å². The number of hydrogen-bond donors (Lipinski definition) is 2. The number of fused-ring (bicyclic) bond motifs is 1. The molecule has 1 aliphatic rings. The Morgan fingerprint density at radius 3 is 2.81 bits per heavy atom. The first kappa shape index (κ1) is 22.5. The number of nitrogens with one attached hydrogen (secondary N) is 2. The van der Waals surface area contributed by atoms with Crippen molar-refractivity contribution < 1.29 is 4.79 Å². The zero-order chi connectivity index (χ0) is 22.3. The fourth-order valence-electron chi connectivity index (χ4n) is 4.26. The molecule has 3 aromatic rings. The second-order valence-corrected chi connectivity index (χ2v) is 9.43. The molecule has 1 aromatic heterocycles. The number of aromatic amines is 1. The second-order valence-electron chi connectivity index (χ2n) is 8.55. The Morgan fingerprint density at radius 2 is 2.00 bits per heavy atom. The summed E-state index contributed by atoms with van der Waals surface area (Å²) < 4.78 is 3.52. The molecule has 1 saturated heterocycles. The summed E-state index contributed by atoms with van der Waals surface area (Å²) >= 11 is 1.56. The van der Waals surface area contributed by atoms with E-state index in [1.165, 1.54) is 10.9 Å². The molecular formula is C27H31N3OS. The number of benzene rings is 2. The molecule has 0 spiro atoms. The lowest BCUT2D eigenvalue weighted by Gasteiger charge is -2.33. The van der Waals surface area contributed by atoms with Gasteiger partial charge in [0.15, 0.2) is 0 Å². The summed E-state index contributed by atoms with van der Waals surface area (Å²) in [4.78, 5) is 19.9. The van der Waals surface area contributed by atoms with Gasteiger partial charge >= 0.3 is 0 Å². The Morgan fingerprint density at radius 1 is 1.19 bits per heavy atom. The maximum atomic E-state index is 13.5. The van der Waals surface area contributed by atoms with Gasteiger partial charge in [0.25, 0.3) is 0 Å². The topological polar surface area (TPSA) is 48.1 Å². The first-order chi connectivity index (χ1) is 15.7. The number of rotatable bonds is 7. The van der Waals surface area contributed by atoms with Crippen molar-refractivity contribution in [2.75, 3.05) is 13.1 Å². The van der Waals surface area contributed by atoms with Crippen molar-refractivity contribution in [2.45, 2.75) is 50.5 Å². The Balaban J connectivity index is 1.50. The minimum absolute atomic E-state index is 0.213. The molecular weight excluding hydrogens is 414 g/mol. The minimum Gasteiger partial charge on any atom is -0.361 e. The molecule has 4 rings (SSSR count). The highest BCUT2D eigenvalue weighted by atomic mass is 32.2. The number of carbonyl (C=O) groups excluding carboxylic acids is 1. The standard InChI is InChI=1S/C27H31N3OS/c1-3-7-21-8-4-5-9-22(21)12-13-25(27(31)30-18-15-20(2)16-19-30)29-32-26-11-6-10-24-23(26)14-17-28-24/h4-6,8-11,14,17,20,25,28-29H,12-13,15-16,18-19H2,1-2H3. The molecule has 2 N–H and O–H groups in total. The molecule has 1 aliphatic heterocycles. The molecule has 1 unspecified atom stereocenters. The SMILES string of the molecule is CC#Cc1ccccc1CCC(NSc1cccc2[nH]ccc12)C(=O)N1CCC(C)CC1. The summed E-state index contributed by atoms with van der Waals surface area (Å²) in [6.07, 6.45) is 5.68. The van der Waals surface area contributed by atoms with Gasteiger partial charge in [-0.05, 0) is 80.3 Å². The van der Waals surface area contributed by atoms with Crippen LogP contribution in [0.3, 0.4) is 0 Å². The summed E-state index contributed by atoms with van der Waals surface area (Å²) in [6, 6.07) is 16.3. The quantitative estimate of drug-likeness (QED) is 0.378. The zero-order valence-corrected chi connectivity index (χ0v) is 19.7. The van der Waals surface area contributed by atoms with Gasteiger partial charge in [0.1, 0.15) is 0 Å². The molecule has 166 valence electrons. The normalized spacial score (nSPS) is 15.4. The van der Waals surface area contributed by atoms with Crippen LogP contribution in [0.1, 0.15) is 44.2 Å². The summed E-state index contributed by atoms with van der Waals surface area (Å²) in [5, 5.41) is 1.17. The van der Waals surface area contributed by atoms with Crippen LogP contribution in [0.2, 0.25) is 0 Å². The van der Waals surface area contributed by atoms with Gasteiger partial charge in [0.05, 0.1) is 6.04 Å². The first-order valence-corrected chi connectivity index (χ1v) is 12.2. The summed E-state index contributed by atoms with van der Waals surface area (Å²) in [5.41, 5.74) is 3.36. The van der Waals surface area contributed by atoms with Crippen molar-refractivity contribution in [1.29, 1.82) is 0 Å². The molecule has 1 fully saturated rings. The fraction of sp³-hybridized carbons (Fsp3) is 0.370. The lowest BCUT2D eigenvalue weighted by atomic mass is 9.97. The Kier molecular flexibility index (Phi) is 7.57. The molecule has 0 bridgehead atoms. The predicted molar refractivity (Wildman–Crippen MR) is 133 cm³/mol. The number of piperidine rings is 1. The van der Waals surface area contributed by atoms with Gasteiger partial charge in [0, 0.05) is 40.6 Å². The van der Waals surface area contributed by atoms with E-state index in [2.05, 4.69) is 58.8 Å². The largest absolute Gasteiger partial charge is 0.361 e. The number of carbonyl (C=O) groups is 1. The van der Waals surface area contributed by atoms with Gasteiger partial charge in [-0.15, -0.1) is 5.92 Å². The number of aromatic nitrogens is 1. The summed E-state index contributed by atoms with van der Waals surface area (Å²) in [6.45, 7) is 5.85. The molecule has 2 heterocycles. The maximum Gasteiger partial charge on any atom is 0.240 e. The van der Waals surface area contributed by atoms with E-state index in [0.717, 1.165) is 54.7 Å². The molecule has 0 saturated carbocycles. The van der Waals surface area contributed by atoms with E-state index in [9.17, 15) is 4.79 Å². The number of nitrogens with zero attached hydrogens (tertiary/aromatic N) is 1. The predicted octanol–water partition coefficient (Wildman–Crippen LogP) is 5.40. The lowest BCUT2D eigenvalue weighted by Crippen LogP contribution is -2.47. The van der Waals surface area contributed by atoms with Crippen LogP contribution in [0, 0.1) is 17.8 Å². The van der Waals surface area contributed by atoms with Crippen LogP contribution in [0.5, 0.6) is 0 Å². The minimum atomic E-state index is -0.245. The number of hydrogen-bond acceptors (Lipinski definition) is 3. The van der Waals surface area contributed by atoms with Crippen molar-refractivity contribution in [3.63, 3.8) is 0 Å². The average molecular weight is 446 g/mol. The number of aryl methyl sites for hydroxylation is 1. The molecule has 0 aliphatic carbocycles. The zero-order valence-electron chi connectivity index (χ0n) is 18.9. The maximum absolute atomic E-state index is 13.5. The van der Waals surface area contributed by atoms with E-state index in [1.807, 2.05) is 36.2 Å². The number of likely N-dealkylation sites (tertiary alicyclic amines) is 1. The summed E-state index contributed by atoms with van der Waals surface area (Å²) in [5.74, 6) is 7.11. The van der Waals surface area contributed by atoms with Crippen LogP contribution in [0.25, 0.3) is 10.9 Å². The van der Waals surface area contributed by atoms with Crippen LogP contribution in [-0.4, -0.2) is 34.9 Å². The van der Waals surface area contributed by atoms with E-state index >= 15 is 0 Å². The summed E-state index contributed by atoms with van der Waals surface area (Å²) in [7, 11) is 0. The van der Waals surface area contributed by atoms with E-state index < -0.39 is 0 Å². The van der Waals surface area contributed by atoms with Crippen molar-refractivity contribution in [3.05, 3.63) is 65.9 Å². The first-order valence-electron chi connectivity index (χ1n) is 11.4. The smallest absolute Gasteiger partial charge is 0.240 e. The monoisotopic (exact) mass is 445 g/mol. The third-order valence-corrected chi connectivity index (χ3v) is 7.22. The van der Waals surface area contributed by atoms with Crippen molar-refractivity contribution in [1.82, 2.24) is 14.6 Å². The Bertz CT molecular complexity index is 1120. The fourth-order valence-corrected chi connectivity index (χ4v) is 5.18. The molecule has 1 atom stereocenters. The number of amides is 1. The third kappa shape index (κ3) is 5.38. The molecule has 1 amide bonds. The van der Waals surface area contributed by atoms with Crippen LogP contribution in [0.4, 0.5) is 0 Å². The van der Waals surface area contributed by atoms with Gasteiger partial charge in [-0.2, -0.15) is 0 Å². The number of H-pyrrole nitrogens is 1. The second kappa shape index (κ2) is 10.8. The van der Waals surface area contributed by atoms with Crippen LogP contribution in [0.15, 0.2) is 59.6 Å². The molecule has 2 aromatic carbocycles. The lowest BCUT2D eigenvalue weighted by molar-refractivity contribution is -0.134. The average Bonchev–Trinajstić information content (AvgIpc) is 3.30. The van der Waals surface area contributed by atoms with Crippen LogP contribution >= 0.6 is 11.9 Å². The van der Waals surface area contributed by atoms with Crippen LogP contribution < -0.4 is 4.72 Å². The van der Waals surface area contributed by atoms with E-state index in [1.54, 1.807) is 11.9 Å². The Labute approximate surface area is 195 Å². The van der Waals surface area contributed by atoms with Gasteiger partial charge in [-0.1, -0.05) is 37.1 Å². The van der Waals surface area contributed by atoms with Crippen molar-refractivity contribution >= 4 is 28.8 Å². The molecule has 0 radical (unpaired) electrons. The van der Waals surface area contributed by atoms with E-state index in [0.29, 0.717) is 5.92 Å². The van der Waals surface area contributed by atoms with Gasteiger partial charge < -0.3 is 9.88 Å². The Hall–Kier alpha value is -2.68. The molecule has 5 heteroatoms. The molecule has 32 heavy (non-hydrogen) atoms. The van der Waals surface area contributed by atoms with Crippen molar-refractivity contribution in [2.24, 2.45) is 5.92 Å². The van der Waals surface area contributed by atoms with Gasteiger partial charge in [-0.3, -0.25) is 4.79 Å². The third-order valence-electron chi connectivity index (χ3n) is 6.24. The van der Waals surface area contributed by atoms with E-state index in [-0.39, 0.29) is 11.9 Å². The highest BCUT2D eigenvalue weighted by molar-refractivity contribution is 7.97.